The lowest BCUT2D eigenvalue weighted by Gasteiger charge is -2.17. The Bertz CT molecular complexity index is 667. The van der Waals surface area contributed by atoms with Gasteiger partial charge in [0.25, 0.3) is 0 Å². The van der Waals surface area contributed by atoms with Crippen molar-refractivity contribution in [2.75, 3.05) is 20.7 Å². The molecule has 1 aromatic carbocycles. The van der Waals surface area contributed by atoms with Crippen LogP contribution in [0.15, 0.2) is 23.1 Å². The third kappa shape index (κ3) is 4.43. The molecule has 6 nitrogen and oxygen atoms in total. The lowest BCUT2D eigenvalue weighted by atomic mass is 10.2. The molecule has 0 fully saturated rings. The topological polar surface area (TPSA) is 87.5 Å². The van der Waals surface area contributed by atoms with E-state index in [0.717, 1.165) is 4.31 Å². The third-order valence-electron chi connectivity index (χ3n) is 2.85. The summed E-state index contributed by atoms with van der Waals surface area (Å²) in [5.74, 6) is -0.387. The number of rotatable bonds is 6. The number of methoxy groups -OCH3 is 1. The first-order chi connectivity index (χ1) is 9.82. The van der Waals surface area contributed by atoms with Crippen LogP contribution in [0.3, 0.4) is 0 Å². The van der Waals surface area contributed by atoms with Crippen molar-refractivity contribution in [3.05, 3.63) is 28.8 Å². The Morgan fingerprint density at radius 2 is 2.14 bits per heavy atom. The fourth-order valence-corrected chi connectivity index (χ4v) is 3.12. The van der Waals surface area contributed by atoms with Crippen LogP contribution in [-0.2, 0) is 19.6 Å². The molecule has 0 radical (unpaired) electrons. The van der Waals surface area contributed by atoms with Gasteiger partial charge in [-0.2, -0.15) is 5.26 Å². The zero-order chi connectivity index (χ0) is 16.0. The average Bonchev–Trinajstić information content (AvgIpc) is 2.46. The molecule has 1 aromatic rings. The van der Waals surface area contributed by atoms with Crippen molar-refractivity contribution in [1.29, 1.82) is 5.26 Å². The van der Waals surface area contributed by atoms with Gasteiger partial charge in [-0.05, 0) is 24.6 Å². The smallest absolute Gasteiger partial charge is 0.305 e. The number of hydrogen-bond acceptors (Lipinski definition) is 5. The zero-order valence-corrected chi connectivity index (χ0v) is 13.2. The van der Waals surface area contributed by atoms with Crippen LogP contribution in [0.2, 0.25) is 5.02 Å². The molecule has 0 aliphatic heterocycles. The van der Waals surface area contributed by atoms with Crippen LogP contribution < -0.4 is 0 Å². The lowest BCUT2D eigenvalue weighted by molar-refractivity contribution is -0.140. The molecule has 0 atom stereocenters. The van der Waals surface area contributed by atoms with Crippen LogP contribution in [0.1, 0.15) is 18.4 Å². The van der Waals surface area contributed by atoms with Crippen molar-refractivity contribution in [3.63, 3.8) is 0 Å². The Morgan fingerprint density at radius 1 is 1.48 bits per heavy atom. The van der Waals surface area contributed by atoms with E-state index in [2.05, 4.69) is 4.74 Å². The molecule has 0 saturated carbocycles. The van der Waals surface area contributed by atoms with E-state index in [4.69, 9.17) is 16.9 Å². The summed E-state index contributed by atoms with van der Waals surface area (Å²) < 4.78 is 30.2. The van der Waals surface area contributed by atoms with Crippen molar-refractivity contribution in [2.24, 2.45) is 0 Å². The van der Waals surface area contributed by atoms with Gasteiger partial charge in [-0.15, -0.1) is 0 Å². The summed E-state index contributed by atoms with van der Waals surface area (Å²) >= 11 is 5.84. The fraction of sp³-hybridized carbons (Fsp3) is 0.385. The van der Waals surface area contributed by atoms with Gasteiger partial charge >= 0.3 is 5.97 Å². The summed E-state index contributed by atoms with van der Waals surface area (Å²) in [6.45, 7) is 0.176. The van der Waals surface area contributed by atoms with E-state index in [-0.39, 0.29) is 34.4 Å². The highest BCUT2D eigenvalue weighted by molar-refractivity contribution is 7.89. The largest absolute Gasteiger partial charge is 0.469 e. The molecule has 0 amide bonds. The minimum Gasteiger partial charge on any atom is -0.469 e. The van der Waals surface area contributed by atoms with Crippen LogP contribution in [0.4, 0.5) is 0 Å². The number of carbonyl (C=O) groups excluding carboxylic acids is 1. The van der Waals surface area contributed by atoms with Gasteiger partial charge in [-0.25, -0.2) is 12.7 Å². The number of ether oxygens (including phenoxy) is 1. The van der Waals surface area contributed by atoms with Crippen molar-refractivity contribution >= 4 is 27.6 Å². The zero-order valence-electron chi connectivity index (χ0n) is 11.7. The molecule has 1 rings (SSSR count). The lowest BCUT2D eigenvalue weighted by Crippen LogP contribution is -2.28. The molecule has 0 saturated heterocycles. The van der Waals surface area contributed by atoms with Crippen LogP contribution in [0.25, 0.3) is 0 Å². The maximum absolute atomic E-state index is 12.3. The van der Waals surface area contributed by atoms with Crippen LogP contribution >= 0.6 is 11.6 Å². The minimum atomic E-state index is -3.70. The van der Waals surface area contributed by atoms with Gasteiger partial charge in [-0.1, -0.05) is 11.6 Å². The van der Waals surface area contributed by atoms with E-state index in [1.54, 1.807) is 0 Å². The summed E-state index contributed by atoms with van der Waals surface area (Å²) in [6, 6.07) is 5.80. The molecular formula is C13H15ClN2O4S. The van der Waals surface area contributed by atoms with Crippen molar-refractivity contribution < 1.29 is 17.9 Å². The molecule has 0 spiro atoms. The Hall–Kier alpha value is -1.62. The molecule has 8 heteroatoms. The normalized spacial score (nSPS) is 11.2. The van der Waals surface area contributed by atoms with Gasteiger partial charge in [0.1, 0.15) is 6.07 Å². The highest BCUT2D eigenvalue weighted by Crippen LogP contribution is 2.22. The van der Waals surface area contributed by atoms with Crippen LogP contribution in [-0.4, -0.2) is 39.4 Å². The van der Waals surface area contributed by atoms with Crippen molar-refractivity contribution in [1.82, 2.24) is 4.31 Å². The quantitative estimate of drug-likeness (QED) is 0.742. The van der Waals surface area contributed by atoms with Crippen LogP contribution in [0, 0.1) is 11.3 Å². The van der Waals surface area contributed by atoms with Gasteiger partial charge in [0, 0.05) is 20.0 Å². The summed E-state index contributed by atoms with van der Waals surface area (Å²) in [4.78, 5) is 11.0. The molecule has 0 aliphatic carbocycles. The average molecular weight is 331 g/mol. The van der Waals surface area contributed by atoms with E-state index in [1.807, 2.05) is 6.07 Å². The van der Waals surface area contributed by atoms with Gasteiger partial charge in [-0.3, -0.25) is 4.79 Å². The Kier molecular flexibility index (Phi) is 6.15. The molecule has 0 aromatic heterocycles. The van der Waals surface area contributed by atoms with Gasteiger partial charge in [0.05, 0.1) is 22.6 Å². The molecule has 0 heterocycles. The van der Waals surface area contributed by atoms with E-state index < -0.39 is 10.0 Å². The predicted molar refractivity (Wildman–Crippen MR) is 77.2 cm³/mol. The van der Waals surface area contributed by atoms with Crippen molar-refractivity contribution in [3.8, 4) is 6.07 Å². The molecule has 0 N–H and O–H groups in total. The number of hydrogen-bond donors (Lipinski definition) is 0. The predicted octanol–water partition coefficient (Wildman–Crippen LogP) is 1.79. The standard InChI is InChI=1S/C13H15ClN2O4S/c1-16(7-3-4-13(17)20-2)21(18,19)11-6-5-10(9-15)12(14)8-11/h5-6,8H,3-4,7H2,1-2H3. The highest BCUT2D eigenvalue weighted by atomic mass is 35.5. The Morgan fingerprint density at radius 3 is 2.67 bits per heavy atom. The summed E-state index contributed by atoms with van der Waals surface area (Å²) in [5.41, 5.74) is 0.212. The fourth-order valence-electron chi connectivity index (χ4n) is 1.60. The number of carbonyl (C=O) groups is 1. The monoisotopic (exact) mass is 330 g/mol. The Balaban J connectivity index is 2.83. The highest BCUT2D eigenvalue weighted by Gasteiger charge is 2.21. The van der Waals surface area contributed by atoms with Crippen molar-refractivity contribution in [2.45, 2.75) is 17.7 Å². The maximum Gasteiger partial charge on any atom is 0.305 e. The Labute approximate surface area is 128 Å². The number of sulfonamides is 1. The second kappa shape index (κ2) is 7.41. The van der Waals surface area contributed by atoms with Crippen LogP contribution in [0.5, 0.6) is 0 Å². The van der Waals surface area contributed by atoms with E-state index >= 15 is 0 Å². The number of benzene rings is 1. The number of nitriles is 1. The van der Waals surface area contributed by atoms with E-state index in [0.29, 0.717) is 6.42 Å². The molecule has 114 valence electrons. The minimum absolute atomic E-state index is 0.00654. The number of esters is 1. The first-order valence-corrected chi connectivity index (χ1v) is 7.87. The van der Waals surface area contributed by atoms with Gasteiger partial charge in [0.2, 0.25) is 10.0 Å². The molecule has 21 heavy (non-hydrogen) atoms. The third-order valence-corrected chi connectivity index (χ3v) is 5.02. The molecule has 0 aliphatic rings. The second-order valence-corrected chi connectivity index (χ2v) is 6.71. The summed E-state index contributed by atoms with van der Waals surface area (Å²) in [6.07, 6.45) is 0.497. The summed E-state index contributed by atoms with van der Waals surface area (Å²) in [7, 11) is -1.01. The van der Waals surface area contributed by atoms with Gasteiger partial charge in [0.15, 0.2) is 0 Å². The first kappa shape index (κ1) is 17.4. The number of nitrogens with zero attached hydrogens (tertiary/aromatic N) is 2. The molecular weight excluding hydrogens is 316 g/mol. The molecule has 0 unspecified atom stereocenters. The summed E-state index contributed by atoms with van der Waals surface area (Å²) in [5, 5.41) is 8.86. The van der Waals surface area contributed by atoms with E-state index in [9.17, 15) is 13.2 Å². The van der Waals surface area contributed by atoms with Gasteiger partial charge < -0.3 is 4.74 Å². The SMILES string of the molecule is COC(=O)CCCN(C)S(=O)(=O)c1ccc(C#N)c(Cl)c1. The number of halogens is 1. The molecule has 0 bridgehead atoms. The second-order valence-electron chi connectivity index (χ2n) is 4.26. The first-order valence-electron chi connectivity index (χ1n) is 6.05. The maximum atomic E-state index is 12.3. The van der Waals surface area contributed by atoms with E-state index in [1.165, 1.54) is 32.4 Å².